The highest BCUT2D eigenvalue weighted by Gasteiger charge is 2.12. The van der Waals surface area contributed by atoms with E-state index in [1.54, 1.807) is 13.1 Å². The Morgan fingerprint density at radius 3 is 2.67 bits per heavy atom. The Bertz CT molecular complexity index is 805. The summed E-state index contributed by atoms with van der Waals surface area (Å²) in [7, 11) is 1.76. The number of hydrogen-bond donors (Lipinski definition) is 1. The van der Waals surface area contributed by atoms with Crippen LogP contribution in [0.1, 0.15) is 0 Å². The van der Waals surface area contributed by atoms with Crippen molar-refractivity contribution in [3.05, 3.63) is 46.7 Å². The lowest BCUT2D eigenvalue weighted by Crippen LogP contribution is -1.96. The fourth-order valence-electron chi connectivity index (χ4n) is 1.85. The van der Waals surface area contributed by atoms with Crippen molar-refractivity contribution in [2.75, 3.05) is 12.4 Å². The van der Waals surface area contributed by atoms with E-state index in [0.29, 0.717) is 20.9 Å². The van der Waals surface area contributed by atoms with Gasteiger partial charge in [-0.05, 0) is 23.9 Å². The average molecular weight is 337 g/mol. The highest BCUT2D eigenvalue weighted by atomic mass is 35.5. The van der Waals surface area contributed by atoms with E-state index in [4.69, 9.17) is 23.2 Å². The van der Waals surface area contributed by atoms with Crippen LogP contribution in [-0.4, -0.2) is 22.0 Å². The highest BCUT2D eigenvalue weighted by Crippen LogP contribution is 2.36. The number of anilines is 1. The molecule has 7 heteroatoms. The molecular formula is C14H10Cl2N4S. The van der Waals surface area contributed by atoms with Gasteiger partial charge in [0, 0.05) is 12.4 Å². The van der Waals surface area contributed by atoms with Crippen molar-refractivity contribution in [3.63, 3.8) is 0 Å². The maximum absolute atomic E-state index is 6.22. The van der Waals surface area contributed by atoms with Gasteiger partial charge in [-0.15, -0.1) is 0 Å². The molecule has 2 heterocycles. The van der Waals surface area contributed by atoms with Crippen molar-refractivity contribution in [1.29, 1.82) is 0 Å². The van der Waals surface area contributed by atoms with Crippen molar-refractivity contribution < 1.29 is 0 Å². The molecule has 0 unspecified atom stereocenters. The van der Waals surface area contributed by atoms with E-state index in [1.165, 1.54) is 18.1 Å². The van der Waals surface area contributed by atoms with Gasteiger partial charge < -0.3 is 5.32 Å². The Morgan fingerprint density at radius 2 is 1.86 bits per heavy atom. The van der Waals surface area contributed by atoms with Crippen LogP contribution in [0.3, 0.4) is 0 Å². The average Bonchev–Trinajstić information content (AvgIpc) is 2.50. The third kappa shape index (κ3) is 2.90. The van der Waals surface area contributed by atoms with Gasteiger partial charge in [-0.2, -0.15) is 0 Å². The highest BCUT2D eigenvalue weighted by molar-refractivity contribution is 7.99. The molecule has 1 aromatic carbocycles. The quantitative estimate of drug-likeness (QED) is 0.712. The van der Waals surface area contributed by atoms with Gasteiger partial charge in [0.2, 0.25) is 0 Å². The molecule has 0 aliphatic carbocycles. The van der Waals surface area contributed by atoms with Gasteiger partial charge in [0.05, 0.1) is 15.6 Å². The molecule has 0 saturated carbocycles. The lowest BCUT2D eigenvalue weighted by molar-refractivity contribution is 1.08. The topological polar surface area (TPSA) is 50.7 Å². The van der Waals surface area contributed by atoms with Gasteiger partial charge in [-0.25, -0.2) is 15.0 Å². The lowest BCUT2D eigenvalue weighted by Gasteiger charge is -2.09. The van der Waals surface area contributed by atoms with Crippen LogP contribution >= 0.6 is 35.0 Å². The molecule has 4 nitrogen and oxygen atoms in total. The first-order valence-corrected chi connectivity index (χ1v) is 7.67. The molecular weight excluding hydrogens is 327 g/mol. The Kier molecular flexibility index (Phi) is 4.14. The van der Waals surface area contributed by atoms with Gasteiger partial charge in [0.15, 0.2) is 0 Å². The van der Waals surface area contributed by atoms with E-state index in [2.05, 4.69) is 20.3 Å². The van der Waals surface area contributed by atoms with Crippen LogP contribution in [0.15, 0.2) is 46.7 Å². The van der Waals surface area contributed by atoms with Gasteiger partial charge in [0.1, 0.15) is 22.2 Å². The predicted octanol–water partition coefficient (Wildman–Crippen LogP) is 4.52. The summed E-state index contributed by atoms with van der Waals surface area (Å²) in [5, 5.41) is 6.33. The number of hydrogen-bond acceptors (Lipinski definition) is 5. The number of nitrogens with one attached hydrogen (secondary N) is 1. The number of rotatable bonds is 3. The first kappa shape index (κ1) is 14.4. The third-order valence-electron chi connectivity index (χ3n) is 2.83. The number of para-hydroxylation sites is 1. The summed E-state index contributed by atoms with van der Waals surface area (Å²) >= 11 is 13.7. The molecule has 21 heavy (non-hydrogen) atoms. The van der Waals surface area contributed by atoms with E-state index in [0.717, 1.165) is 15.9 Å². The first-order chi connectivity index (χ1) is 10.2. The Hall–Kier alpha value is -1.56. The molecule has 0 aliphatic heterocycles. The second-order valence-electron chi connectivity index (χ2n) is 4.15. The third-order valence-corrected chi connectivity index (χ3v) is 4.55. The minimum absolute atomic E-state index is 0.486. The smallest absolute Gasteiger partial charge is 0.146 e. The Balaban J connectivity index is 2.07. The van der Waals surface area contributed by atoms with Crippen LogP contribution in [0.4, 0.5) is 5.82 Å². The summed E-state index contributed by atoms with van der Waals surface area (Å²) in [6, 6.07) is 9.48. The molecule has 3 rings (SSSR count). The molecule has 0 atom stereocenters. The number of nitrogens with zero attached hydrogens (tertiary/aromatic N) is 3. The summed E-state index contributed by atoms with van der Waals surface area (Å²) < 4.78 is 0. The van der Waals surface area contributed by atoms with Gasteiger partial charge in [-0.1, -0.05) is 41.4 Å². The minimum atomic E-state index is 0.486. The molecule has 0 radical (unpaired) electrons. The minimum Gasteiger partial charge on any atom is -0.372 e. The molecule has 3 aromatic rings. The molecule has 1 N–H and O–H groups in total. The number of pyridine rings is 1. The van der Waals surface area contributed by atoms with Gasteiger partial charge >= 0.3 is 0 Å². The van der Waals surface area contributed by atoms with Crippen molar-refractivity contribution in [3.8, 4) is 0 Å². The van der Waals surface area contributed by atoms with E-state index in [9.17, 15) is 0 Å². The molecule has 106 valence electrons. The Morgan fingerprint density at radius 1 is 1.05 bits per heavy atom. The number of fused-ring (bicyclic) bond motifs is 1. The fourth-order valence-corrected chi connectivity index (χ4v) is 3.28. The molecule has 0 aliphatic rings. The summed E-state index contributed by atoms with van der Waals surface area (Å²) in [6.07, 6.45) is 1.54. The van der Waals surface area contributed by atoms with Gasteiger partial charge in [-0.3, -0.25) is 0 Å². The lowest BCUT2D eigenvalue weighted by atomic mass is 10.2. The summed E-state index contributed by atoms with van der Waals surface area (Å²) in [6.45, 7) is 0. The largest absolute Gasteiger partial charge is 0.372 e. The summed E-state index contributed by atoms with van der Waals surface area (Å²) in [5.41, 5.74) is 0.883. The number of benzene rings is 1. The monoisotopic (exact) mass is 336 g/mol. The SMILES string of the molecule is CNc1nc(Sc2ncnc3ccccc23)c(Cl)cc1Cl. The zero-order valence-electron chi connectivity index (χ0n) is 11.0. The van der Waals surface area contributed by atoms with Crippen LogP contribution in [-0.2, 0) is 0 Å². The van der Waals surface area contributed by atoms with Crippen LogP contribution in [0.25, 0.3) is 10.9 Å². The van der Waals surface area contributed by atoms with Crippen LogP contribution in [0.5, 0.6) is 0 Å². The normalized spacial score (nSPS) is 10.8. The molecule has 0 spiro atoms. The zero-order valence-corrected chi connectivity index (χ0v) is 13.3. The van der Waals surface area contributed by atoms with Crippen molar-refractivity contribution in [2.45, 2.75) is 10.1 Å². The first-order valence-electron chi connectivity index (χ1n) is 6.10. The Labute approximate surface area is 135 Å². The molecule has 0 bridgehead atoms. The summed E-state index contributed by atoms with van der Waals surface area (Å²) in [4.78, 5) is 13.0. The van der Waals surface area contributed by atoms with Crippen molar-refractivity contribution in [2.24, 2.45) is 0 Å². The number of halogens is 2. The summed E-state index contributed by atoms with van der Waals surface area (Å²) in [5.74, 6) is 0.585. The maximum Gasteiger partial charge on any atom is 0.146 e. The molecule has 0 saturated heterocycles. The molecule has 0 fully saturated rings. The molecule has 0 amide bonds. The second kappa shape index (κ2) is 6.05. The van der Waals surface area contributed by atoms with Crippen LogP contribution < -0.4 is 5.32 Å². The van der Waals surface area contributed by atoms with E-state index in [1.807, 2.05) is 24.3 Å². The van der Waals surface area contributed by atoms with Crippen molar-refractivity contribution in [1.82, 2.24) is 15.0 Å². The van der Waals surface area contributed by atoms with Crippen molar-refractivity contribution >= 4 is 51.7 Å². The predicted molar refractivity (Wildman–Crippen MR) is 87.5 cm³/mol. The van der Waals surface area contributed by atoms with Crippen LogP contribution in [0.2, 0.25) is 10.0 Å². The number of aromatic nitrogens is 3. The van der Waals surface area contributed by atoms with E-state index < -0.39 is 0 Å². The van der Waals surface area contributed by atoms with E-state index in [-0.39, 0.29) is 0 Å². The maximum atomic E-state index is 6.22. The standard InChI is InChI=1S/C14H10Cl2N4S/c1-17-12-9(15)6-10(16)14(20-12)21-13-8-4-2-3-5-11(8)18-7-19-13/h2-7H,1H3,(H,17,20). The van der Waals surface area contributed by atoms with E-state index >= 15 is 0 Å². The fraction of sp³-hybridized carbons (Fsp3) is 0.0714. The molecule has 2 aromatic heterocycles. The van der Waals surface area contributed by atoms with Gasteiger partial charge in [0.25, 0.3) is 0 Å². The zero-order chi connectivity index (χ0) is 14.8. The van der Waals surface area contributed by atoms with Crippen LogP contribution in [0, 0.1) is 0 Å². The second-order valence-corrected chi connectivity index (χ2v) is 5.95.